The Hall–Kier alpha value is -2.47. The molecule has 1 aliphatic rings. The summed E-state index contributed by atoms with van der Waals surface area (Å²) in [6, 6.07) is 11.1. The molecule has 0 aliphatic carbocycles. The molecule has 2 aromatic heterocycles. The third-order valence-electron chi connectivity index (χ3n) is 5.15. The van der Waals surface area contributed by atoms with Crippen LogP contribution in [0.25, 0.3) is 11.0 Å². The Labute approximate surface area is 147 Å². The van der Waals surface area contributed by atoms with Crippen molar-refractivity contribution >= 4 is 16.9 Å². The van der Waals surface area contributed by atoms with Crippen molar-refractivity contribution in [1.29, 1.82) is 0 Å². The zero-order valence-corrected chi connectivity index (χ0v) is 14.5. The largest absolute Gasteiger partial charge is 0.367 e. The van der Waals surface area contributed by atoms with Crippen LogP contribution in [0.5, 0.6) is 0 Å². The van der Waals surface area contributed by atoms with Gasteiger partial charge in [0.05, 0.1) is 17.6 Å². The quantitative estimate of drug-likeness (QED) is 0.748. The van der Waals surface area contributed by atoms with Crippen molar-refractivity contribution in [2.24, 2.45) is 5.92 Å². The number of hydrogen-bond acceptors (Lipinski definition) is 5. The molecule has 1 saturated heterocycles. The van der Waals surface area contributed by atoms with Crippen molar-refractivity contribution in [3.05, 3.63) is 48.4 Å². The average molecular weight is 336 g/mol. The van der Waals surface area contributed by atoms with Gasteiger partial charge < -0.3 is 5.32 Å². The van der Waals surface area contributed by atoms with Gasteiger partial charge in [-0.25, -0.2) is 9.97 Å². The van der Waals surface area contributed by atoms with Gasteiger partial charge >= 0.3 is 0 Å². The van der Waals surface area contributed by atoms with Crippen LogP contribution >= 0.6 is 0 Å². The molecule has 4 rings (SSSR count). The van der Waals surface area contributed by atoms with E-state index in [1.54, 1.807) is 12.5 Å². The molecule has 0 amide bonds. The van der Waals surface area contributed by atoms with E-state index in [0.29, 0.717) is 6.04 Å². The Kier molecular flexibility index (Phi) is 4.61. The second kappa shape index (κ2) is 7.19. The van der Waals surface area contributed by atoms with Gasteiger partial charge in [-0.2, -0.15) is 5.10 Å². The smallest absolute Gasteiger partial charge is 0.160 e. The third kappa shape index (κ3) is 3.49. The number of rotatable bonds is 5. The molecular weight excluding hydrogens is 312 g/mol. The molecule has 1 fully saturated rings. The highest BCUT2D eigenvalue weighted by Gasteiger charge is 2.24. The molecule has 130 valence electrons. The van der Waals surface area contributed by atoms with Gasteiger partial charge in [0.2, 0.25) is 0 Å². The molecule has 1 unspecified atom stereocenters. The highest BCUT2D eigenvalue weighted by atomic mass is 15.2. The summed E-state index contributed by atoms with van der Waals surface area (Å²) in [5.41, 5.74) is 2.11. The lowest BCUT2D eigenvalue weighted by atomic mass is 9.95. The van der Waals surface area contributed by atoms with E-state index < -0.39 is 0 Å². The molecule has 6 heteroatoms. The number of likely N-dealkylation sites (tertiary alicyclic amines) is 1. The second-order valence-electron chi connectivity index (χ2n) is 6.88. The van der Waals surface area contributed by atoms with Crippen LogP contribution in [-0.4, -0.2) is 44.7 Å². The second-order valence-corrected chi connectivity index (χ2v) is 6.88. The van der Waals surface area contributed by atoms with Gasteiger partial charge in [-0.15, -0.1) is 0 Å². The fourth-order valence-electron chi connectivity index (χ4n) is 3.57. The summed E-state index contributed by atoms with van der Waals surface area (Å²) in [6.45, 7) is 5.46. The molecule has 0 saturated carbocycles. The fraction of sp³-hybridized carbons (Fsp3) is 0.421. The number of aromatic nitrogens is 4. The van der Waals surface area contributed by atoms with Crippen LogP contribution in [0.1, 0.15) is 31.4 Å². The molecule has 1 aliphatic heterocycles. The average Bonchev–Trinajstić information content (AvgIpc) is 3.14. The fourth-order valence-corrected chi connectivity index (χ4v) is 3.57. The normalized spacial score (nSPS) is 17.6. The highest BCUT2D eigenvalue weighted by molar-refractivity contribution is 5.85. The predicted molar refractivity (Wildman–Crippen MR) is 99.3 cm³/mol. The third-order valence-corrected chi connectivity index (χ3v) is 5.15. The maximum absolute atomic E-state index is 4.40. The summed E-state index contributed by atoms with van der Waals surface area (Å²) < 4.78 is 0. The zero-order valence-electron chi connectivity index (χ0n) is 14.5. The number of aromatic amines is 1. The maximum Gasteiger partial charge on any atom is 0.160 e. The molecule has 3 heterocycles. The Morgan fingerprint density at radius 2 is 2.00 bits per heavy atom. The number of anilines is 1. The number of fused-ring (bicyclic) bond motifs is 1. The van der Waals surface area contributed by atoms with Gasteiger partial charge in [0.15, 0.2) is 5.65 Å². The van der Waals surface area contributed by atoms with Gasteiger partial charge in [-0.1, -0.05) is 37.3 Å². The van der Waals surface area contributed by atoms with E-state index in [-0.39, 0.29) is 0 Å². The first kappa shape index (κ1) is 16.0. The Morgan fingerprint density at radius 1 is 1.20 bits per heavy atom. The molecule has 2 N–H and O–H groups in total. The summed E-state index contributed by atoms with van der Waals surface area (Å²) in [5, 5.41) is 11.4. The summed E-state index contributed by atoms with van der Waals surface area (Å²) in [4.78, 5) is 11.2. The van der Waals surface area contributed by atoms with E-state index in [1.165, 1.54) is 18.4 Å². The van der Waals surface area contributed by atoms with Crippen LogP contribution in [0, 0.1) is 5.92 Å². The van der Waals surface area contributed by atoms with Gasteiger partial charge in [-0.3, -0.25) is 10.00 Å². The van der Waals surface area contributed by atoms with E-state index >= 15 is 0 Å². The minimum atomic E-state index is 0.339. The molecule has 6 nitrogen and oxygen atoms in total. The van der Waals surface area contributed by atoms with Crippen molar-refractivity contribution in [2.75, 3.05) is 25.0 Å². The molecular formula is C19H24N6. The van der Waals surface area contributed by atoms with Crippen molar-refractivity contribution in [1.82, 2.24) is 25.1 Å². The highest BCUT2D eigenvalue weighted by Crippen LogP contribution is 2.27. The molecule has 1 atom stereocenters. The summed E-state index contributed by atoms with van der Waals surface area (Å²) in [7, 11) is 0. The molecule has 0 bridgehead atoms. The Morgan fingerprint density at radius 3 is 2.80 bits per heavy atom. The Bertz CT molecular complexity index is 807. The number of H-pyrrole nitrogens is 1. The van der Waals surface area contributed by atoms with Gasteiger partial charge in [0, 0.05) is 6.54 Å². The van der Waals surface area contributed by atoms with Crippen LogP contribution in [-0.2, 0) is 0 Å². The first-order valence-corrected chi connectivity index (χ1v) is 8.98. The molecule has 0 radical (unpaired) electrons. The first-order valence-electron chi connectivity index (χ1n) is 8.98. The molecule has 25 heavy (non-hydrogen) atoms. The van der Waals surface area contributed by atoms with Crippen molar-refractivity contribution < 1.29 is 0 Å². The molecule has 0 spiro atoms. The monoisotopic (exact) mass is 336 g/mol. The standard InChI is InChI=1S/C19H24N6/c1-14-7-9-25(10-8-14)17(15-5-3-2-4-6-15)12-20-18-16-11-23-24-19(16)22-13-21-18/h2-6,11,13-14,17H,7-10,12H2,1H3,(H2,20,21,22,23,24). The molecule has 1 aromatic carbocycles. The van der Waals surface area contributed by atoms with Crippen LogP contribution in [0.3, 0.4) is 0 Å². The van der Waals surface area contributed by atoms with Crippen molar-refractivity contribution in [3.8, 4) is 0 Å². The number of nitrogens with one attached hydrogen (secondary N) is 2. The summed E-state index contributed by atoms with van der Waals surface area (Å²) >= 11 is 0. The van der Waals surface area contributed by atoms with Gasteiger partial charge in [0.1, 0.15) is 12.1 Å². The van der Waals surface area contributed by atoms with Crippen LogP contribution in [0.2, 0.25) is 0 Å². The summed E-state index contributed by atoms with van der Waals surface area (Å²) in [6.07, 6.45) is 5.88. The van der Waals surface area contributed by atoms with Crippen LogP contribution in [0.15, 0.2) is 42.9 Å². The summed E-state index contributed by atoms with van der Waals surface area (Å²) in [5.74, 6) is 1.66. The number of piperidine rings is 1. The van der Waals surface area contributed by atoms with Gasteiger partial charge in [-0.05, 0) is 37.4 Å². The maximum atomic E-state index is 4.40. The minimum absolute atomic E-state index is 0.339. The van der Waals surface area contributed by atoms with E-state index in [0.717, 1.165) is 42.4 Å². The van der Waals surface area contributed by atoms with Crippen LogP contribution < -0.4 is 5.32 Å². The SMILES string of the molecule is CC1CCN(C(CNc2ncnc3[nH]ncc23)c2ccccc2)CC1. The van der Waals surface area contributed by atoms with E-state index in [1.807, 2.05) is 0 Å². The van der Waals surface area contributed by atoms with E-state index in [2.05, 4.69) is 67.6 Å². The number of benzene rings is 1. The lowest BCUT2D eigenvalue weighted by Crippen LogP contribution is -2.39. The van der Waals surface area contributed by atoms with Crippen LogP contribution in [0.4, 0.5) is 5.82 Å². The number of nitrogens with zero attached hydrogens (tertiary/aromatic N) is 4. The minimum Gasteiger partial charge on any atom is -0.367 e. The lowest BCUT2D eigenvalue weighted by Gasteiger charge is -2.37. The van der Waals surface area contributed by atoms with Crippen molar-refractivity contribution in [2.45, 2.75) is 25.8 Å². The zero-order chi connectivity index (χ0) is 17.1. The number of hydrogen-bond donors (Lipinski definition) is 2. The Balaban J connectivity index is 1.55. The predicted octanol–water partition coefficient (Wildman–Crippen LogP) is 3.24. The van der Waals surface area contributed by atoms with E-state index in [9.17, 15) is 0 Å². The van der Waals surface area contributed by atoms with E-state index in [4.69, 9.17) is 0 Å². The van der Waals surface area contributed by atoms with Crippen molar-refractivity contribution in [3.63, 3.8) is 0 Å². The lowest BCUT2D eigenvalue weighted by molar-refractivity contribution is 0.143. The topological polar surface area (TPSA) is 69.7 Å². The first-order chi connectivity index (χ1) is 12.3. The van der Waals surface area contributed by atoms with Gasteiger partial charge in [0.25, 0.3) is 0 Å². The molecule has 3 aromatic rings.